The minimum Gasteiger partial charge on any atom is -0.313 e. The smallest absolute Gasteiger partial charge is 0.217 e. The Kier molecular flexibility index (Phi) is 4.54. The molecule has 0 aliphatic carbocycles. The molecule has 2 aliphatic heterocycles. The van der Waals surface area contributed by atoms with E-state index in [1.54, 1.807) is 7.05 Å². The summed E-state index contributed by atoms with van der Waals surface area (Å²) >= 11 is 0. The van der Waals surface area contributed by atoms with Crippen molar-refractivity contribution in [3.8, 4) is 0 Å². The molecule has 8 heteroatoms. The lowest BCUT2D eigenvalue weighted by atomic mass is 10.1. The van der Waals surface area contributed by atoms with Gasteiger partial charge in [-0.3, -0.25) is 0 Å². The van der Waals surface area contributed by atoms with E-state index in [2.05, 4.69) is 5.32 Å². The Morgan fingerprint density at radius 1 is 1.26 bits per heavy atom. The van der Waals surface area contributed by atoms with Gasteiger partial charge in [-0.1, -0.05) is 6.42 Å². The quantitative estimate of drug-likeness (QED) is 0.762. The van der Waals surface area contributed by atoms with Crippen LogP contribution in [0.2, 0.25) is 0 Å². The summed E-state index contributed by atoms with van der Waals surface area (Å²) < 4.78 is 48.8. The fourth-order valence-electron chi connectivity index (χ4n) is 2.74. The van der Waals surface area contributed by atoms with Gasteiger partial charge >= 0.3 is 0 Å². The van der Waals surface area contributed by atoms with Crippen molar-refractivity contribution in [3.63, 3.8) is 0 Å². The Balaban J connectivity index is 1.99. The zero-order valence-electron chi connectivity index (χ0n) is 11.2. The Bertz CT molecular complexity index is 509. The normalized spacial score (nSPS) is 31.7. The van der Waals surface area contributed by atoms with Gasteiger partial charge in [0, 0.05) is 19.6 Å². The second kappa shape index (κ2) is 5.67. The highest BCUT2D eigenvalue weighted by atomic mass is 32.2. The summed E-state index contributed by atoms with van der Waals surface area (Å²) in [7, 11) is -5.11. The number of likely N-dealkylation sites (N-methyl/N-ethyl adjacent to an activating group) is 1. The van der Waals surface area contributed by atoms with Gasteiger partial charge in [-0.05, 0) is 25.8 Å². The molecule has 2 rings (SSSR count). The Morgan fingerprint density at radius 3 is 2.53 bits per heavy atom. The molecule has 112 valence electrons. The molecule has 0 radical (unpaired) electrons. The summed E-state index contributed by atoms with van der Waals surface area (Å²) in [6.45, 7) is 1.36. The zero-order valence-corrected chi connectivity index (χ0v) is 12.8. The van der Waals surface area contributed by atoms with E-state index in [9.17, 15) is 16.8 Å². The van der Waals surface area contributed by atoms with Gasteiger partial charge in [0.2, 0.25) is 10.0 Å². The maximum absolute atomic E-state index is 12.3. The van der Waals surface area contributed by atoms with Crippen molar-refractivity contribution < 1.29 is 16.8 Å². The average Bonchev–Trinajstić information content (AvgIpc) is 2.71. The first kappa shape index (κ1) is 15.2. The number of sulfonamides is 1. The Morgan fingerprint density at radius 2 is 2.00 bits per heavy atom. The number of nitrogens with one attached hydrogen (secondary N) is 1. The van der Waals surface area contributed by atoms with Gasteiger partial charge in [0.15, 0.2) is 9.84 Å². The number of rotatable bonds is 4. The van der Waals surface area contributed by atoms with Gasteiger partial charge in [-0.15, -0.1) is 0 Å². The van der Waals surface area contributed by atoms with E-state index in [4.69, 9.17) is 0 Å². The summed E-state index contributed by atoms with van der Waals surface area (Å²) in [4.78, 5) is 0. The first-order valence-corrected chi connectivity index (χ1v) is 10.0. The molecule has 0 spiro atoms. The number of hydrogen-bond acceptors (Lipinski definition) is 5. The van der Waals surface area contributed by atoms with Gasteiger partial charge < -0.3 is 5.32 Å². The molecule has 1 N–H and O–H groups in total. The molecule has 2 saturated heterocycles. The predicted octanol–water partition coefficient (Wildman–Crippen LogP) is -0.423. The first-order valence-electron chi connectivity index (χ1n) is 6.70. The summed E-state index contributed by atoms with van der Waals surface area (Å²) in [5.41, 5.74) is 0. The summed E-state index contributed by atoms with van der Waals surface area (Å²) in [6.07, 6.45) is 3.45. The number of piperidine rings is 1. The molecule has 2 heterocycles. The minimum atomic E-state index is -3.49. The molecule has 0 saturated carbocycles. The second-order valence-electron chi connectivity index (χ2n) is 5.50. The van der Waals surface area contributed by atoms with Crippen LogP contribution in [0.25, 0.3) is 0 Å². The van der Waals surface area contributed by atoms with Crippen LogP contribution in [-0.4, -0.2) is 64.1 Å². The van der Waals surface area contributed by atoms with E-state index >= 15 is 0 Å². The van der Waals surface area contributed by atoms with E-state index < -0.39 is 25.1 Å². The molecule has 2 aliphatic rings. The van der Waals surface area contributed by atoms with E-state index in [-0.39, 0.29) is 24.0 Å². The van der Waals surface area contributed by atoms with Crippen LogP contribution in [0.15, 0.2) is 0 Å². The third kappa shape index (κ3) is 3.68. The fraction of sp³-hybridized carbons (Fsp3) is 1.00. The van der Waals surface area contributed by atoms with Gasteiger partial charge in [-0.2, -0.15) is 0 Å². The molecular weight excluding hydrogens is 288 g/mol. The van der Waals surface area contributed by atoms with Gasteiger partial charge in [0.1, 0.15) is 0 Å². The van der Waals surface area contributed by atoms with Crippen LogP contribution in [-0.2, 0) is 19.9 Å². The van der Waals surface area contributed by atoms with Crippen molar-refractivity contribution in [1.29, 1.82) is 0 Å². The van der Waals surface area contributed by atoms with Crippen LogP contribution < -0.4 is 5.32 Å². The molecule has 0 aromatic heterocycles. The predicted molar refractivity (Wildman–Crippen MR) is 74.3 cm³/mol. The second-order valence-corrected chi connectivity index (χ2v) is 10.0. The maximum Gasteiger partial charge on any atom is 0.217 e. The topological polar surface area (TPSA) is 83.6 Å². The molecule has 0 aromatic rings. The molecule has 19 heavy (non-hydrogen) atoms. The van der Waals surface area contributed by atoms with Crippen LogP contribution in [0, 0.1) is 0 Å². The van der Waals surface area contributed by atoms with Gasteiger partial charge in [0.05, 0.1) is 16.8 Å². The molecule has 0 amide bonds. The van der Waals surface area contributed by atoms with Crippen LogP contribution in [0.3, 0.4) is 0 Å². The first-order chi connectivity index (χ1) is 8.81. The third-order valence-corrected chi connectivity index (χ3v) is 8.18. The number of sulfone groups is 1. The van der Waals surface area contributed by atoms with E-state index in [1.807, 2.05) is 0 Å². The summed E-state index contributed by atoms with van der Waals surface area (Å²) in [5.74, 6) is -0.232. The highest BCUT2D eigenvalue weighted by molar-refractivity contribution is 7.95. The van der Waals surface area contributed by atoms with Crippen LogP contribution >= 0.6 is 0 Å². The lowest BCUT2D eigenvalue weighted by Gasteiger charge is -2.29. The molecular formula is C11H22N2O4S2. The van der Waals surface area contributed by atoms with Gasteiger partial charge in [0.25, 0.3) is 0 Å². The molecule has 6 nitrogen and oxygen atoms in total. The third-order valence-electron chi connectivity index (χ3n) is 3.94. The molecule has 0 bridgehead atoms. The Labute approximate surface area is 115 Å². The van der Waals surface area contributed by atoms with Crippen molar-refractivity contribution >= 4 is 19.9 Å². The lowest BCUT2D eigenvalue weighted by Crippen LogP contribution is -2.46. The van der Waals surface area contributed by atoms with E-state index in [1.165, 1.54) is 4.31 Å². The average molecular weight is 310 g/mol. The van der Waals surface area contributed by atoms with Crippen molar-refractivity contribution in [2.24, 2.45) is 0 Å². The number of nitrogens with zero attached hydrogens (tertiary/aromatic N) is 1. The zero-order chi connectivity index (χ0) is 14.1. The standard InChI is InChI=1S/C11H22N2O4S2/c1-13(8-10-4-2-3-6-12-10)19(16,17)11-5-7-18(14,15)9-11/h10-12H,2-9H2,1H3. The molecule has 2 fully saturated rings. The van der Waals surface area contributed by atoms with Crippen molar-refractivity contribution in [1.82, 2.24) is 9.62 Å². The monoisotopic (exact) mass is 310 g/mol. The summed E-state index contributed by atoms with van der Waals surface area (Å²) in [5, 5.41) is 2.55. The van der Waals surface area contributed by atoms with E-state index in [0.29, 0.717) is 6.54 Å². The molecule has 0 aromatic carbocycles. The minimum absolute atomic E-state index is 0.00752. The fourth-order valence-corrected chi connectivity index (χ4v) is 7.06. The lowest BCUT2D eigenvalue weighted by molar-refractivity contribution is 0.336. The van der Waals surface area contributed by atoms with Crippen molar-refractivity contribution in [3.05, 3.63) is 0 Å². The van der Waals surface area contributed by atoms with Crippen LogP contribution in [0.5, 0.6) is 0 Å². The SMILES string of the molecule is CN(CC1CCCCN1)S(=O)(=O)C1CCS(=O)(=O)C1. The molecule has 2 atom stereocenters. The van der Waals surface area contributed by atoms with Crippen LogP contribution in [0.4, 0.5) is 0 Å². The van der Waals surface area contributed by atoms with Crippen molar-refractivity contribution in [2.45, 2.75) is 37.0 Å². The van der Waals surface area contributed by atoms with E-state index in [0.717, 1.165) is 25.8 Å². The van der Waals surface area contributed by atoms with Gasteiger partial charge in [-0.25, -0.2) is 21.1 Å². The molecule has 2 unspecified atom stereocenters. The largest absolute Gasteiger partial charge is 0.313 e. The number of hydrogen-bond donors (Lipinski definition) is 1. The Hall–Kier alpha value is -0.180. The maximum atomic E-state index is 12.3. The van der Waals surface area contributed by atoms with Crippen molar-refractivity contribution in [2.75, 3.05) is 31.6 Å². The highest BCUT2D eigenvalue weighted by Gasteiger charge is 2.39. The highest BCUT2D eigenvalue weighted by Crippen LogP contribution is 2.22. The van der Waals surface area contributed by atoms with Crippen LogP contribution in [0.1, 0.15) is 25.7 Å². The summed E-state index contributed by atoms with van der Waals surface area (Å²) in [6, 6.07) is 0.187.